The van der Waals surface area contributed by atoms with Gasteiger partial charge in [-0.1, -0.05) is 25.1 Å². The number of benzene rings is 2. The van der Waals surface area contributed by atoms with E-state index >= 15 is 0 Å². The number of hydrogen-bond acceptors (Lipinski definition) is 7. The van der Waals surface area contributed by atoms with E-state index in [1.807, 2.05) is 24.3 Å². The van der Waals surface area contributed by atoms with Crippen LogP contribution in [0.1, 0.15) is 58.9 Å². The normalized spacial score (nSPS) is 15.8. The number of aryl methyl sites for hydroxylation is 1. The zero-order valence-electron chi connectivity index (χ0n) is 22.2. The Morgan fingerprint density at radius 3 is 2.58 bits per heavy atom. The van der Waals surface area contributed by atoms with Crippen molar-refractivity contribution in [2.24, 2.45) is 0 Å². The third-order valence-corrected chi connectivity index (χ3v) is 8.10. The Labute approximate surface area is 233 Å². The van der Waals surface area contributed by atoms with Crippen LogP contribution in [0, 0.1) is 18.6 Å². The number of halogens is 2. The van der Waals surface area contributed by atoms with E-state index < -0.39 is 40.6 Å². The monoisotopic (exact) mass is 566 g/mol. The summed E-state index contributed by atoms with van der Waals surface area (Å²) in [5.74, 6) is -2.15. The van der Waals surface area contributed by atoms with Gasteiger partial charge < -0.3 is 14.7 Å². The number of methoxy groups -OCH3 is 1. The lowest BCUT2D eigenvalue weighted by Gasteiger charge is -2.25. The van der Waals surface area contributed by atoms with Crippen molar-refractivity contribution >= 4 is 17.2 Å². The number of para-hydroxylation sites is 1. The summed E-state index contributed by atoms with van der Waals surface area (Å²) < 4.78 is 35.2. The van der Waals surface area contributed by atoms with E-state index in [4.69, 9.17) is 4.74 Å². The Morgan fingerprint density at radius 1 is 1.20 bits per heavy atom. The fourth-order valence-electron chi connectivity index (χ4n) is 5.31. The van der Waals surface area contributed by atoms with Gasteiger partial charge in [0.25, 0.3) is 11.5 Å². The second-order valence-corrected chi connectivity index (χ2v) is 10.6. The molecule has 0 spiro atoms. The molecule has 1 N–H and O–H groups in total. The van der Waals surface area contributed by atoms with Crippen LogP contribution >= 0.6 is 11.3 Å². The lowest BCUT2D eigenvalue weighted by Crippen LogP contribution is -2.35. The molecular formula is C29H28F2N4O4S. The van der Waals surface area contributed by atoms with Crippen molar-refractivity contribution in [2.45, 2.75) is 38.6 Å². The van der Waals surface area contributed by atoms with Crippen LogP contribution in [0.2, 0.25) is 0 Å². The molecule has 1 saturated heterocycles. The van der Waals surface area contributed by atoms with Gasteiger partial charge in [0, 0.05) is 36.1 Å². The average Bonchev–Trinajstić information content (AvgIpc) is 3.59. The van der Waals surface area contributed by atoms with E-state index in [2.05, 4.69) is 9.97 Å². The molecule has 2 aromatic heterocycles. The molecule has 0 saturated carbocycles. The predicted molar refractivity (Wildman–Crippen MR) is 147 cm³/mol. The van der Waals surface area contributed by atoms with E-state index in [0.717, 1.165) is 23.8 Å². The molecule has 1 aliphatic rings. The third-order valence-electron chi connectivity index (χ3n) is 7.15. The van der Waals surface area contributed by atoms with Gasteiger partial charge in [0.15, 0.2) is 16.4 Å². The summed E-state index contributed by atoms with van der Waals surface area (Å²) in [6.45, 7) is 4.21. The largest absolute Gasteiger partial charge is 0.496 e. The molecule has 1 fully saturated rings. The predicted octanol–water partition coefficient (Wildman–Crippen LogP) is 5.30. The Bertz CT molecular complexity index is 1620. The fraction of sp³-hybridized carbons (Fsp3) is 0.310. The highest BCUT2D eigenvalue weighted by atomic mass is 32.1. The van der Waals surface area contributed by atoms with Crippen molar-refractivity contribution < 1.29 is 23.4 Å². The van der Waals surface area contributed by atoms with Crippen molar-refractivity contribution in [1.29, 1.82) is 0 Å². The van der Waals surface area contributed by atoms with Crippen LogP contribution < -0.4 is 10.3 Å². The Balaban J connectivity index is 1.60. The van der Waals surface area contributed by atoms with E-state index in [9.17, 15) is 23.5 Å². The van der Waals surface area contributed by atoms with Crippen LogP contribution in [0.3, 0.4) is 0 Å². The van der Waals surface area contributed by atoms with Gasteiger partial charge in [-0.05, 0) is 49.1 Å². The minimum absolute atomic E-state index is 0.0157. The molecule has 2 atom stereocenters. The van der Waals surface area contributed by atoms with Crippen LogP contribution in [0.5, 0.6) is 11.6 Å². The first-order valence-electron chi connectivity index (χ1n) is 12.9. The molecule has 2 aromatic carbocycles. The van der Waals surface area contributed by atoms with Gasteiger partial charge in [0.05, 0.1) is 13.2 Å². The summed E-state index contributed by atoms with van der Waals surface area (Å²) in [5, 5.41) is 13.6. The molecule has 2 unspecified atom stereocenters. The highest BCUT2D eigenvalue weighted by Crippen LogP contribution is 2.37. The number of hydrogen-bond donors (Lipinski definition) is 1. The number of rotatable bonds is 7. The highest BCUT2D eigenvalue weighted by Gasteiger charge is 2.35. The number of aromatic hydroxyl groups is 1. The third kappa shape index (κ3) is 5.08. The minimum atomic E-state index is -0.900. The Morgan fingerprint density at radius 2 is 1.93 bits per heavy atom. The van der Waals surface area contributed by atoms with Crippen LogP contribution in [0.4, 0.5) is 8.78 Å². The lowest BCUT2D eigenvalue weighted by molar-refractivity contribution is 0.0783. The number of ether oxygens (including phenoxy) is 1. The maximum absolute atomic E-state index is 14.2. The smallest absolute Gasteiger partial charge is 0.290 e. The maximum Gasteiger partial charge on any atom is 0.290 e. The molecule has 4 aromatic rings. The molecule has 11 heteroatoms. The van der Waals surface area contributed by atoms with E-state index in [1.165, 1.54) is 20.8 Å². The van der Waals surface area contributed by atoms with Gasteiger partial charge >= 0.3 is 0 Å². The van der Waals surface area contributed by atoms with Crippen LogP contribution in [0.15, 0.2) is 52.6 Å². The quantitative estimate of drug-likeness (QED) is 0.326. The van der Waals surface area contributed by atoms with Gasteiger partial charge in [0.2, 0.25) is 5.88 Å². The number of aromatic nitrogens is 3. The topological polar surface area (TPSA) is 97.5 Å². The van der Waals surface area contributed by atoms with Gasteiger partial charge in [0.1, 0.15) is 17.4 Å². The number of thiazole rings is 1. The second kappa shape index (κ2) is 11.2. The van der Waals surface area contributed by atoms with Crippen molar-refractivity contribution in [2.75, 3.05) is 20.2 Å². The average molecular weight is 567 g/mol. The lowest BCUT2D eigenvalue weighted by atomic mass is 9.97. The van der Waals surface area contributed by atoms with Gasteiger partial charge in [-0.15, -0.1) is 11.3 Å². The Kier molecular flexibility index (Phi) is 7.66. The molecule has 1 amide bonds. The van der Waals surface area contributed by atoms with Gasteiger partial charge in [-0.25, -0.2) is 13.8 Å². The zero-order chi connectivity index (χ0) is 28.6. The molecule has 8 nitrogen and oxygen atoms in total. The Hall–Kier alpha value is -4.12. The molecular weight excluding hydrogens is 538 g/mol. The molecule has 0 aliphatic carbocycles. The molecule has 0 radical (unpaired) electrons. The van der Waals surface area contributed by atoms with Crippen molar-refractivity contribution in [3.63, 3.8) is 0 Å². The molecule has 208 valence electrons. The number of amides is 1. The zero-order valence-corrected chi connectivity index (χ0v) is 23.0. The summed E-state index contributed by atoms with van der Waals surface area (Å²) in [5.41, 5.74) is 0.445. The van der Waals surface area contributed by atoms with Crippen LogP contribution in [0.25, 0.3) is 10.8 Å². The summed E-state index contributed by atoms with van der Waals surface area (Å²) in [6.07, 6.45) is 0.913. The first kappa shape index (κ1) is 27.4. The number of carbonyl (C=O) groups is 1. The SMILES string of the molecule is CCC(c1cc(F)cc(F)c1)n1c(-c2nc(C)cs2)nc(=O)c(C(=O)N2CCC(c3ccccc3OC)C2)c1O. The van der Waals surface area contributed by atoms with Crippen molar-refractivity contribution in [1.82, 2.24) is 19.4 Å². The van der Waals surface area contributed by atoms with E-state index in [1.54, 1.807) is 26.3 Å². The second-order valence-electron chi connectivity index (χ2n) is 9.71. The molecule has 1 aliphatic heterocycles. The number of nitrogens with zero attached hydrogens (tertiary/aromatic N) is 4. The highest BCUT2D eigenvalue weighted by molar-refractivity contribution is 7.13. The van der Waals surface area contributed by atoms with Gasteiger partial charge in [-0.3, -0.25) is 14.2 Å². The molecule has 3 heterocycles. The van der Waals surface area contributed by atoms with Crippen LogP contribution in [-0.4, -0.2) is 50.6 Å². The van der Waals surface area contributed by atoms with Crippen molar-refractivity contribution in [3.8, 4) is 22.5 Å². The molecule has 5 rings (SSSR count). The standard InChI is InChI=1S/C29H28F2N4O4S/c1-4-22(18-11-19(30)13-20(31)12-18)35-25(27-32-16(2)15-40-27)33-26(36)24(29(35)38)28(37)34-10-9-17(14-34)21-7-5-6-8-23(21)39-3/h5-8,11-13,15,17,22,38H,4,9-10,14H2,1-3H3. The first-order chi connectivity index (χ1) is 19.2. The maximum atomic E-state index is 14.2. The first-order valence-corrected chi connectivity index (χ1v) is 13.8. The summed E-state index contributed by atoms with van der Waals surface area (Å²) in [4.78, 5) is 37.1. The van der Waals surface area contributed by atoms with Crippen molar-refractivity contribution in [3.05, 3.63) is 92.2 Å². The summed E-state index contributed by atoms with van der Waals surface area (Å²) in [6, 6.07) is 9.79. The van der Waals surface area contributed by atoms with Gasteiger partial charge in [-0.2, -0.15) is 4.98 Å². The molecule has 0 bridgehead atoms. The number of likely N-dealkylation sites (tertiary alicyclic amines) is 1. The fourth-order valence-corrected chi connectivity index (χ4v) is 6.09. The minimum Gasteiger partial charge on any atom is -0.496 e. The van der Waals surface area contributed by atoms with E-state index in [0.29, 0.717) is 36.0 Å². The van der Waals surface area contributed by atoms with E-state index in [-0.39, 0.29) is 23.7 Å². The number of carbonyl (C=O) groups excluding carboxylic acids is 1. The summed E-state index contributed by atoms with van der Waals surface area (Å²) >= 11 is 1.20. The van der Waals surface area contributed by atoms with Crippen LogP contribution in [-0.2, 0) is 0 Å². The summed E-state index contributed by atoms with van der Waals surface area (Å²) in [7, 11) is 1.59. The molecule has 40 heavy (non-hydrogen) atoms.